The quantitative estimate of drug-likeness (QED) is 0.797. The summed E-state index contributed by atoms with van der Waals surface area (Å²) in [6.45, 7) is 0. The second-order valence-corrected chi connectivity index (χ2v) is 6.19. The van der Waals surface area contributed by atoms with E-state index in [-0.39, 0.29) is 19.8 Å². The van der Waals surface area contributed by atoms with Crippen molar-refractivity contribution < 1.29 is 19.4 Å². The molecule has 22 heavy (non-hydrogen) atoms. The molecular weight excluding hydrogens is 320 g/mol. The molecule has 2 heterocycles. The van der Waals surface area contributed by atoms with Gasteiger partial charge in [-0.25, -0.2) is 0 Å². The molecule has 0 aliphatic heterocycles. The van der Waals surface area contributed by atoms with Crippen LogP contribution in [0.3, 0.4) is 0 Å². The van der Waals surface area contributed by atoms with Crippen molar-refractivity contribution in [3.63, 3.8) is 0 Å². The van der Waals surface area contributed by atoms with Gasteiger partial charge in [0.15, 0.2) is 0 Å². The number of hydrogen-bond donors (Lipinski definition) is 1. The van der Waals surface area contributed by atoms with Crippen LogP contribution < -0.4 is 0 Å². The number of aliphatic carboxylic acids is 1. The highest BCUT2D eigenvalue weighted by Crippen LogP contribution is 2.11. The Morgan fingerprint density at radius 2 is 1.55 bits per heavy atom. The number of carboxylic acids is 1. The third-order valence-corrected chi connectivity index (χ3v) is 4.42. The molecule has 0 amide bonds. The molecule has 6 heteroatoms. The Morgan fingerprint density at radius 3 is 1.91 bits per heavy atom. The van der Waals surface area contributed by atoms with E-state index in [0.717, 1.165) is 11.3 Å². The lowest BCUT2D eigenvalue weighted by molar-refractivity contribution is -0.140. The van der Waals surface area contributed by atoms with E-state index in [0.29, 0.717) is 12.8 Å². The lowest BCUT2D eigenvalue weighted by Crippen LogP contribution is -2.00. The summed E-state index contributed by atoms with van der Waals surface area (Å²) in [5.74, 6) is -0.869. The molecule has 122 valence electrons. The molecule has 0 saturated carbocycles. The van der Waals surface area contributed by atoms with Crippen molar-refractivity contribution in [2.24, 2.45) is 0 Å². The molecule has 0 aliphatic carbocycles. The summed E-state index contributed by atoms with van der Waals surface area (Å²) < 4.78 is 4.51. The maximum atomic E-state index is 10.7. The summed E-state index contributed by atoms with van der Waals surface area (Å²) in [4.78, 5) is 23.2. The minimum Gasteiger partial charge on any atom is -0.481 e. The Kier molecular flexibility index (Phi) is 11.0. The zero-order valence-corrected chi connectivity index (χ0v) is 13.4. The van der Waals surface area contributed by atoms with Crippen molar-refractivity contribution >= 4 is 34.6 Å². The fourth-order valence-corrected chi connectivity index (χ4v) is 2.89. The van der Waals surface area contributed by atoms with Gasteiger partial charge in [-0.15, -0.1) is 22.7 Å². The van der Waals surface area contributed by atoms with Crippen LogP contribution >= 0.6 is 22.7 Å². The van der Waals surface area contributed by atoms with Crippen molar-refractivity contribution in [2.45, 2.75) is 33.1 Å². The molecule has 4 nitrogen and oxygen atoms in total. The minimum atomic E-state index is -0.728. The van der Waals surface area contributed by atoms with E-state index >= 15 is 0 Å². The van der Waals surface area contributed by atoms with E-state index in [1.165, 1.54) is 12.0 Å². The number of rotatable bonds is 6. The topological polar surface area (TPSA) is 63.6 Å². The molecule has 0 aliphatic rings. The summed E-state index contributed by atoms with van der Waals surface area (Å²) in [6.07, 6.45) is 2.18. The van der Waals surface area contributed by atoms with Gasteiger partial charge in [0.25, 0.3) is 0 Å². The van der Waals surface area contributed by atoms with Crippen molar-refractivity contribution in [2.75, 3.05) is 7.11 Å². The van der Waals surface area contributed by atoms with Crippen molar-refractivity contribution in [3.05, 3.63) is 44.8 Å². The Hall–Kier alpha value is -1.66. The summed E-state index contributed by atoms with van der Waals surface area (Å²) in [5.41, 5.74) is 0. The van der Waals surface area contributed by atoms with Crippen LogP contribution in [0.4, 0.5) is 0 Å². The van der Waals surface area contributed by atoms with Crippen molar-refractivity contribution in [1.82, 2.24) is 0 Å². The van der Waals surface area contributed by atoms with E-state index in [9.17, 15) is 9.59 Å². The first-order valence-electron chi connectivity index (χ1n) is 6.45. The molecule has 1 N–H and O–H groups in total. The van der Waals surface area contributed by atoms with E-state index in [4.69, 9.17) is 5.11 Å². The molecule has 0 fully saturated rings. The molecule has 2 aromatic rings. The highest BCUT2D eigenvalue weighted by Gasteiger charge is 2.00. The third-order valence-electron chi connectivity index (χ3n) is 2.55. The van der Waals surface area contributed by atoms with Crippen LogP contribution in [0.15, 0.2) is 35.0 Å². The Labute approximate surface area is 139 Å². The summed E-state index contributed by atoms with van der Waals surface area (Å²) in [5, 5.41) is 12.3. The Bertz CT molecular complexity index is 518. The predicted molar refractivity (Wildman–Crippen MR) is 91.7 cm³/mol. The number of carboxylic acid groups (broad SMARTS) is 1. The van der Waals surface area contributed by atoms with E-state index in [1.54, 1.807) is 22.7 Å². The van der Waals surface area contributed by atoms with Gasteiger partial charge >= 0.3 is 11.9 Å². The van der Waals surface area contributed by atoms with Gasteiger partial charge in [-0.3, -0.25) is 9.59 Å². The van der Waals surface area contributed by atoms with Crippen LogP contribution in [-0.4, -0.2) is 24.2 Å². The summed E-state index contributed by atoms with van der Waals surface area (Å²) >= 11 is 3.27. The van der Waals surface area contributed by atoms with Gasteiger partial charge in [0.05, 0.1) is 20.0 Å². The standard InChI is InChI=1S/C8H10O2S.C7H8O2S.CH4/c1-10-8(9)5-4-7-3-2-6-11-7;8-7(9)4-3-6-2-1-5-10-6;/h2-3,6H,4-5H2,1H3;1-2,5H,3-4H2,(H,8,9);1H4. The largest absolute Gasteiger partial charge is 0.481 e. The van der Waals surface area contributed by atoms with Crippen LogP contribution in [0.2, 0.25) is 0 Å². The first kappa shape index (κ1) is 20.3. The lowest BCUT2D eigenvalue weighted by atomic mass is 10.3. The van der Waals surface area contributed by atoms with Gasteiger partial charge < -0.3 is 9.84 Å². The number of methoxy groups -OCH3 is 1. The zero-order chi connectivity index (χ0) is 15.5. The molecule has 0 spiro atoms. The lowest BCUT2D eigenvalue weighted by Gasteiger charge is -1.95. The van der Waals surface area contributed by atoms with Gasteiger partial charge in [0, 0.05) is 9.75 Å². The Balaban J connectivity index is 0.000000385. The van der Waals surface area contributed by atoms with Gasteiger partial charge in [-0.1, -0.05) is 19.6 Å². The van der Waals surface area contributed by atoms with E-state index in [2.05, 4.69) is 4.74 Å². The minimum absolute atomic E-state index is 0. The van der Waals surface area contributed by atoms with E-state index < -0.39 is 5.97 Å². The molecule has 2 rings (SSSR count). The first-order valence-corrected chi connectivity index (χ1v) is 8.21. The number of ether oxygens (including phenoxy) is 1. The molecule has 0 atom stereocenters. The molecule has 2 aromatic heterocycles. The Morgan fingerprint density at radius 1 is 1.05 bits per heavy atom. The zero-order valence-electron chi connectivity index (χ0n) is 11.8. The number of hydrogen-bond acceptors (Lipinski definition) is 5. The van der Waals surface area contributed by atoms with Gasteiger partial charge in [-0.05, 0) is 35.7 Å². The van der Waals surface area contributed by atoms with Crippen LogP contribution in [0.5, 0.6) is 0 Å². The summed E-state index contributed by atoms with van der Waals surface area (Å²) in [7, 11) is 1.41. The highest BCUT2D eigenvalue weighted by molar-refractivity contribution is 7.10. The predicted octanol–water partition coefficient (Wildman–Crippen LogP) is 4.26. The number of carbonyl (C=O) groups excluding carboxylic acids is 1. The fraction of sp³-hybridized carbons (Fsp3) is 0.375. The van der Waals surface area contributed by atoms with Crippen molar-refractivity contribution in [3.8, 4) is 0 Å². The maximum absolute atomic E-state index is 10.7. The smallest absolute Gasteiger partial charge is 0.305 e. The van der Waals surface area contributed by atoms with Crippen LogP contribution in [0.1, 0.15) is 30.0 Å². The average Bonchev–Trinajstić information content (AvgIpc) is 3.16. The molecule has 0 bridgehead atoms. The van der Waals surface area contributed by atoms with Crippen LogP contribution in [0.25, 0.3) is 0 Å². The SMILES string of the molecule is C.COC(=O)CCc1cccs1.O=C(O)CCc1cccs1. The number of carbonyl (C=O) groups is 2. The van der Waals surface area contributed by atoms with E-state index in [1.807, 2.05) is 35.0 Å². The molecule has 0 aromatic carbocycles. The summed E-state index contributed by atoms with van der Waals surface area (Å²) in [6, 6.07) is 7.89. The average molecular weight is 342 g/mol. The van der Waals surface area contributed by atoms with Gasteiger partial charge in [0.1, 0.15) is 0 Å². The van der Waals surface area contributed by atoms with Gasteiger partial charge in [-0.2, -0.15) is 0 Å². The van der Waals surface area contributed by atoms with Crippen LogP contribution in [0, 0.1) is 0 Å². The second-order valence-electron chi connectivity index (χ2n) is 4.13. The highest BCUT2D eigenvalue weighted by atomic mass is 32.1. The first-order chi connectivity index (χ1) is 10.1. The number of esters is 1. The molecule has 0 unspecified atom stereocenters. The fourth-order valence-electron chi connectivity index (χ4n) is 1.47. The molecule has 0 radical (unpaired) electrons. The van der Waals surface area contributed by atoms with Gasteiger partial charge in [0.2, 0.25) is 0 Å². The van der Waals surface area contributed by atoms with Crippen LogP contribution in [-0.2, 0) is 27.2 Å². The second kappa shape index (κ2) is 11.9. The number of aryl methyl sites for hydroxylation is 2. The monoisotopic (exact) mass is 342 g/mol. The maximum Gasteiger partial charge on any atom is 0.305 e. The molecular formula is C16H22O4S2. The third kappa shape index (κ3) is 9.31. The number of thiophene rings is 2. The molecule has 0 saturated heterocycles. The normalized spacial score (nSPS) is 9.14. The van der Waals surface area contributed by atoms with Crippen molar-refractivity contribution in [1.29, 1.82) is 0 Å².